The van der Waals surface area contributed by atoms with Gasteiger partial charge in [0.05, 0.1) is 6.61 Å². The van der Waals surface area contributed by atoms with Crippen LogP contribution in [0.5, 0.6) is 5.75 Å². The molecule has 2 heterocycles. The minimum atomic E-state index is -4.46. The Morgan fingerprint density at radius 1 is 1.20 bits per heavy atom. The number of carbonyl (C=O) groups is 1. The van der Waals surface area contributed by atoms with Gasteiger partial charge >= 0.3 is 25.3 Å². The summed E-state index contributed by atoms with van der Waals surface area (Å²) in [5.74, 6) is -4.85. The highest BCUT2D eigenvalue weighted by Crippen LogP contribution is 2.48. The topological polar surface area (TPSA) is 164 Å². The van der Waals surface area contributed by atoms with Gasteiger partial charge in [-0.05, 0) is 30.7 Å². The Morgan fingerprint density at radius 2 is 1.85 bits per heavy atom. The van der Waals surface area contributed by atoms with Gasteiger partial charge in [0.1, 0.15) is 30.3 Å². The van der Waals surface area contributed by atoms with E-state index in [4.69, 9.17) is 24.3 Å². The van der Waals surface area contributed by atoms with Gasteiger partial charge < -0.3 is 24.8 Å². The normalized spacial score (nSPS) is 22.2. The molecule has 1 aliphatic heterocycles. The van der Waals surface area contributed by atoms with Crippen LogP contribution in [0.2, 0.25) is 0 Å². The fourth-order valence-electron chi connectivity index (χ4n) is 3.74. The number of esters is 1. The van der Waals surface area contributed by atoms with Crippen LogP contribution in [0.15, 0.2) is 77.7 Å². The minimum absolute atomic E-state index is 0.0473. The molecule has 2 aromatic carbocycles. The highest BCUT2D eigenvalue weighted by atomic mass is 31.2. The van der Waals surface area contributed by atoms with Crippen LogP contribution >= 0.6 is 7.75 Å². The van der Waals surface area contributed by atoms with E-state index >= 15 is 0 Å². The van der Waals surface area contributed by atoms with E-state index < -0.39 is 56.4 Å². The van der Waals surface area contributed by atoms with Crippen LogP contribution in [-0.4, -0.2) is 51.4 Å². The number of aliphatic hydroxyl groups is 1. The first kappa shape index (κ1) is 29.3. The van der Waals surface area contributed by atoms with Crippen molar-refractivity contribution in [3.8, 4) is 5.75 Å². The molecule has 15 heteroatoms. The highest BCUT2D eigenvalue weighted by Gasteiger charge is 2.60. The zero-order valence-corrected chi connectivity index (χ0v) is 22.0. The number of nitrogens with one attached hydrogen (secondary N) is 1. The third kappa shape index (κ3) is 6.90. The SMILES string of the molecule is C[C@H](NP(=O)(OC[C@H]1OC(n2ccc(N)nc2=O)C(F)(F)[C@@H]1O)Oc1ccccc1)C(=O)OCc1ccccc1. The Morgan fingerprint density at radius 3 is 2.50 bits per heavy atom. The number of aliphatic hydroxyl groups excluding tert-OH is 1. The lowest BCUT2D eigenvalue weighted by molar-refractivity contribution is -0.146. The quantitative estimate of drug-likeness (QED) is 0.226. The first-order chi connectivity index (χ1) is 19.0. The Bertz CT molecular complexity index is 1410. The maximum absolute atomic E-state index is 14.9. The molecular weight excluding hydrogens is 553 g/mol. The van der Waals surface area contributed by atoms with Gasteiger partial charge in [0, 0.05) is 6.20 Å². The highest BCUT2D eigenvalue weighted by molar-refractivity contribution is 7.52. The average molecular weight is 580 g/mol. The summed E-state index contributed by atoms with van der Waals surface area (Å²) in [7, 11) is -4.46. The number of hydrogen-bond acceptors (Lipinski definition) is 10. The number of aromatic nitrogens is 2. The second-order valence-electron chi connectivity index (χ2n) is 8.83. The van der Waals surface area contributed by atoms with Crippen molar-refractivity contribution in [3.63, 3.8) is 0 Å². The summed E-state index contributed by atoms with van der Waals surface area (Å²) in [4.78, 5) is 28.1. The molecule has 4 N–H and O–H groups in total. The van der Waals surface area contributed by atoms with Crippen LogP contribution < -0.4 is 21.0 Å². The predicted octanol–water partition coefficient (Wildman–Crippen LogP) is 2.64. The van der Waals surface area contributed by atoms with Gasteiger partial charge in [0.25, 0.3) is 0 Å². The number of benzene rings is 2. The van der Waals surface area contributed by atoms with E-state index in [0.717, 1.165) is 17.8 Å². The van der Waals surface area contributed by atoms with Crippen molar-refractivity contribution in [1.29, 1.82) is 0 Å². The van der Waals surface area contributed by atoms with Crippen LogP contribution in [-0.2, 0) is 30.0 Å². The van der Waals surface area contributed by atoms with E-state index in [1.165, 1.54) is 19.1 Å². The number of nitrogen functional groups attached to an aromatic ring is 1. The first-order valence-corrected chi connectivity index (χ1v) is 13.6. The Hall–Kier alpha value is -3.68. The summed E-state index contributed by atoms with van der Waals surface area (Å²) in [6.45, 7) is 0.435. The van der Waals surface area contributed by atoms with Gasteiger partial charge in [0.15, 0.2) is 6.10 Å². The largest absolute Gasteiger partial charge is 0.460 e. The Labute approximate surface area is 227 Å². The van der Waals surface area contributed by atoms with Crippen LogP contribution in [0.3, 0.4) is 0 Å². The van der Waals surface area contributed by atoms with Crippen LogP contribution in [0, 0.1) is 0 Å². The van der Waals surface area contributed by atoms with Gasteiger partial charge in [0.2, 0.25) is 6.23 Å². The molecular formula is C25H27F2N4O8P. The second kappa shape index (κ2) is 12.2. The van der Waals surface area contributed by atoms with Crippen molar-refractivity contribution in [1.82, 2.24) is 14.6 Å². The van der Waals surface area contributed by atoms with Gasteiger partial charge in [-0.2, -0.15) is 18.9 Å². The number of para-hydroxylation sites is 1. The summed E-state index contributed by atoms with van der Waals surface area (Å²) in [5.41, 5.74) is 5.01. The molecule has 0 saturated carbocycles. The fraction of sp³-hybridized carbons (Fsp3) is 0.320. The molecule has 3 aromatic rings. The lowest BCUT2D eigenvalue weighted by Gasteiger charge is -2.24. The zero-order chi connectivity index (χ0) is 28.9. The summed E-state index contributed by atoms with van der Waals surface area (Å²) in [6, 6.07) is 16.5. The number of carbonyl (C=O) groups excluding carboxylic acids is 1. The Kier molecular flexibility index (Phi) is 8.96. The molecule has 0 spiro atoms. The van der Waals surface area contributed by atoms with Crippen molar-refractivity contribution >= 4 is 19.5 Å². The molecule has 0 radical (unpaired) electrons. The predicted molar refractivity (Wildman–Crippen MR) is 137 cm³/mol. The third-order valence-electron chi connectivity index (χ3n) is 5.79. The van der Waals surface area contributed by atoms with Crippen LogP contribution in [0.25, 0.3) is 0 Å². The van der Waals surface area contributed by atoms with Gasteiger partial charge in [-0.25, -0.2) is 9.36 Å². The van der Waals surface area contributed by atoms with E-state index in [2.05, 4.69) is 10.1 Å². The lowest BCUT2D eigenvalue weighted by Crippen LogP contribution is -2.42. The molecule has 5 atom stereocenters. The third-order valence-corrected chi connectivity index (χ3v) is 7.43. The van der Waals surface area contributed by atoms with Crippen LogP contribution in [0.1, 0.15) is 18.7 Å². The fourth-order valence-corrected chi connectivity index (χ4v) is 5.24. The standard InChI is InChI=1S/C25H27F2N4O8P/c1-16(22(33)36-14-17-8-4-2-5-9-17)30-40(35,39-18-10-6-3-7-11-18)37-15-19-21(32)25(26,27)23(38-19)31-13-12-20(28)29-24(31)34/h2-13,16,19,21,23,32H,14-15H2,1H3,(H,30,35)(H2,28,29,34)/t16-,19+,21+,23?,40?/m0/s1. The summed E-state index contributed by atoms with van der Waals surface area (Å²) < 4.78 is 65.3. The number of alkyl halides is 2. The molecule has 0 aliphatic carbocycles. The number of ether oxygens (including phenoxy) is 2. The van der Waals surface area contributed by atoms with E-state index in [0.29, 0.717) is 4.57 Å². The van der Waals surface area contributed by atoms with Gasteiger partial charge in [-0.1, -0.05) is 48.5 Å². The summed E-state index contributed by atoms with van der Waals surface area (Å²) in [6.07, 6.45) is -5.50. The molecule has 1 aromatic heterocycles. The van der Waals surface area contributed by atoms with Crippen LogP contribution in [0.4, 0.5) is 14.6 Å². The Balaban J connectivity index is 1.47. The van der Waals surface area contributed by atoms with Crippen molar-refractivity contribution in [2.45, 2.75) is 43.9 Å². The van der Waals surface area contributed by atoms with E-state index in [9.17, 15) is 28.0 Å². The minimum Gasteiger partial charge on any atom is -0.460 e. The monoisotopic (exact) mass is 580 g/mol. The molecule has 4 rings (SSSR count). The van der Waals surface area contributed by atoms with E-state index in [1.807, 2.05) is 0 Å². The smallest absolute Gasteiger partial charge is 0.459 e. The zero-order valence-electron chi connectivity index (χ0n) is 21.1. The number of anilines is 1. The van der Waals surface area contributed by atoms with E-state index in [1.54, 1.807) is 48.5 Å². The van der Waals surface area contributed by atoms with Crippen molar-refractivity contribution < 1.29 is 41.8 Å². The number of rotatable bonds is 11. The molecule has 2 unspecified atom stereocenters. The van der Waals surface area contributed by atoms with Gasteiger partial charge in [-0.3, -0.25) is 13.9 Å². The average Bonchev–Trinajstić information content (AvgIpc) is 3.15. The molecule has 40 heavy (non-hydrogen) atoms. The molecule has 0 bridgehead atoms. The summed E-state index contributed by atoms with van der Waals surface area (Å²) >= 11 is 0. The maximum Gasteiger partial charge on any atom is 0.459 e. The lowest BCUT2D eigenvalue weighted by atomic mass is 10.1. The summed E-state index contributed by atoms with van der Waals surface area (Å²) in [5, 5.41) is 12.7. The van der Waals surface area contributed by atoms with E-state index in [-0.39, 0.29) is 18.2 Å². The number of halogens is 2. The van der Waals surface area contributed by atoms with Crippen molar-refractivity contribution in [2.75, 3.05) is 12.3 Å². The molecule has 12 nitrogen and oxygen atoms in total. The number of nitrogens with two attached hydrogens (primary N) is 1. The number of hydrogen-bond donors (Lipinski definition) is 3. The van der Waals surface area contributed by atoms with Gasteiger partial charge in [-0.15, -0.1) is 0 Å². The molecule has 1 aliphatic rings. The second-order valence-corrected chi connectivity index (χ2v) is 10.5. The molecule has 1 saturated heterocycles. The molecule has 214 valence electrons. The first-order valence-electron chi connectivity index (χ1n) is 12.0. The van der Waals surface area contributed by atoms with Crippen molar-refractivity contribution in [2.24, 2.45) is 0 Å². The van der Waals surface area contributed by atoms with Crippen molar-refractivity contribution in [3.05, 3.63) is 89.0 Å². The molecule has 1 fully saturated rings. The maximum atomic E-state index is 14.9. The molecule has 0 amide bonds. The number of nitrogens with zero attached hydrogens (tertiary/aromatic N) is 2.